The minimum Gasteiger partial charge on any atom is -0.392 e. The third-order valence-corrected chi connectivity index (χ3v) is 1.79. The second-order valence-corrected chi connectivity index (χ2v) is 2.90. The van der Waals surface area contributed by atoms with Crippen molar-refractivity contribution >= 4 is 15.9 Å². The molecule has 1 aromatic heterocycles. The van der Waals surface area contributed by atoms with Gasteiger partial charge in [0, 0.05) is 6.20 Å². The topological polar surface area (TPSA) is 33.1 Å². The van der Waals surface area contributed by atoms with Gasteiger partial charge in [0.05, 0.1) is 6.61 Å². The zero-order valence-corrected chi connectivity index (χ0v) is 7.22. The van der Waals surface area contributed by atoms with Gasteiger partial charge in [-0.1, -0.05) is 0 Å². The van der Waals surface area contributed by atoms with Crippen LogP contribution in [0.2, 0.25) is 0 Å². The summed E-state index contributed by atoms with van der Waals surface area (Å²) < 4.78 is 0.766. The number of halogens is 1. The Labute approximate surface area is 68.0 Å². The molecular weight excluding hydrogens is 194 g/mol. The molecule has 0 atom stereocenters. The molecule has 0 radical (unpaired) electrons. The average molecular weight is 202 g/mol. The molecule has 0 aliphatic rings. The molecule has 3 heteroatoms. The molecule has 0 amide bonds. The molecule has 54 valence electrons. The van der Waals surface area contributed by atoms with Crippen LogP contribution in [0.15, 0.2) is 16.9 Å². The van der Waals surface area contributed by atoms with Crippen molar-refractivity contribution in [1.29, 1.82) is 0 Å². The number of nitrogens with zero attached hydrogens (tertiary/aromatic N) is 1. The third-order valence-electron chi connectivity index (χ3n) is 1.35. The Morgan fingerprint density at radius 2 is 2.40 bits per heavy atom. The first kappa shape index (κ1) is 7.69. The first-order chi connectivity index (χ1) is 4.74. The fourth-order valence-corrected chi connectivity index (χ4v) is 1.09. The second-order valence-electron chi connectivity index (χ2n) is 2.09. The van der Waals surface area contributed by atoms with Crippen LogP contribution < -0.4 is 0 Å². The highest BCUT2D eigenvalue weighted by molar-refractivity contribution is 9.10. The molecular formula is C7H8BrNO. The van der Waals surface area contributed by atoms with Gasteiger partial charge in [-0.25, -0.2) is 4.98 Å². The lowest BCUT2D eigenvalue weighted by molar-refractivity contribution is 0.281. The van der Waals surface area contributed by atoms with Gasteiger partial charge in [-0.3, -0.25) is 0 Å². The number of rotatable bonds is 1. The van der Waals surface area contributed by atoms with Crippen molar-refractivity contribution in [3.63, 3.8) is 0 Å². The predicted molar refractivity (Wildman–Crippen MR) is 42.6 cm³/mol. The lowest BCUT2D eigenvalue weighted by atomic mass is 10.2. The van der Waals surface area contributed by atoms with E-state index in [1.807, 2.05) is 13.0 Å². The molecule has 2 nitrogen and oxygen atoms in total. The summed E-state index contributed by atoms with van der Waals surface area (Å²) in [6, 6.07) is 1.81. The van der Waals surface area contributed by atoms with Gasteiger partial charge >= 0.3 is 0 Å². The highest BCUT2D eigenvalue weighted by Crippen LogP contribution is 2.11. The van der Waals surface area contributed by atoms with Crippen LogP contribution in [0.5, 0.6) is 0 Å². The molecule has 10 heavy (non-hydrogen) atoms. The zero-order chi connectivity index (χ0) is 7.56. The zero-order valence-electron chi connectivity index (χ0n) is 5.63. The van der Waals surface area contributed by atoms with Crippen molar-refractivity contribution in [3.8, 4) is 0 Å². The Morgan fingerprint density at radius 3 is 2.90 bits per heavy atom. The van der Waals surface area contributed by atoms with Crippen molar-refractivity contribution in [3.05, 3.63) is 28.0 Å². The number of aromatic nitrogens is 1. The standard InChI is InChI=1S/C7H8BrNO/c1-5-3-9-7(8)2-6(5)4-10/h2-3,10H,4H2,1H3. The van der Waals surface area contributed by atoms with E-state index in [0.29, 0.717) is 0 Å². The summed E-state index contributed by atoms with van der Waals surface area (Å²) in [6.45, 7) is 2.00. The highest BCUT2D eigenvalue weighted by atomic mass is 79.9. The van der Waals surface area contributed by atoms with Gasteiger partial charge in [0.15, 0.2) is 0 Å². The quantitative estimate of drug-likeness (QED) is 0.702. The van der Waals surface area contributed by atoms with E-state index in [4.69, 9.17) is 5.11 Å². The van der Waals surface area contributed by atoms with Gasteiger partial charge in [0.2, 0.25) is 0 Å². The van der Waals surface area contributed by atoms with Crippen LogP contribution in [-0.2, 0) is 6.61 Å². The van der Waals surface area contributed by atoms with Crippen molar-refractivity contribution in [1.82, 2.24) is 4.98 Å². The number of hydrogen-bond donors (Lipinski definition) is 1. The molecule has 1 N–H and O–H groups in total. The minimum absolute atomic E-state index is 0.0763. The average Bonchev–Trinajstić information content (AvgIpc) is 1.94. The Bertz CT molecular complexity index is 237. The monoisotopic (exact) mass is 201 g/mol. The predicted octanol–water partition coefficient (Wildman–Crippen LogP) is 1.64. The Morgan fingerprint density at radius 1 is 1.70 bits per heavy atom. The minimum atomic E-state index is 0.0763. The van der Waals surface area contributed by atoms with Crippen LogP contribution in [0.4, 0.5) is 0 Å². The van der Waals surface area contributed by atoms with E-state index in [2.05, 4.69) is 20.9 Å². The SMILES string of the molecule is Cc1cnc(Br)cc1CO. The molecule has 0 saturated heterocycles. The fourth-order valence-electron chi connectivity index (χ4n) is 0.707. The molecule has 0 unspecified atom stereocenters. The maximum absolute atomic E-state index is 8.79. The van der Waals surface area contributed by atoms with Crippen LogP contribution >= 0.6 is 15.9 Å². The van der Waals surface area contributed by atoms with Crippen molar-refractivity contribution in [2.75, 3.05) is 0 Å². The first-order valence-electron chi connectivity index (χ1n) is 2.96. The van der Waals surface area contributed by atoms with Crippen LogP contribution in [0.1, 0.15) is 11.1 Å². The molecule has 0 fully saturated rings. The van der Waals surface area contributed by atoms with Gasteiger partial charge in [-0.05, 0) is 40.0 Å². The Hall–Kier alpha value is -0.410. The summed E-state index contributed by atoms with van der Waals surface area (Å²) in [5.74, 6) is 0. The van der Waals surface area contributed by atoms with Gasteiger partial charge < -0.3 is 5.11 Å². The maximum Gasteiger partial charge on any atom is 0.106 e. The van der Waals surface area contributed by atoms with E-state index >= 15 is 0 Å². The lowest BCUT2D eigenvalue weighted by Crippen LogP contribution is -1.89. The number of aryl methyl sites for hydroxylation is 1. The molecule has 1 heterocycles. The number of hydrogen-bond acceptors (Lipinski definition) is 2. The number of pyridine rings is 1. The summed E-state index contributed by atoms with van der Waals surface area (Å²) in [6.07, 6.45) is 1.73. The van der Waals surface area contributed by atoms with Crippen LogP contribution in [0, 0.1) is 6.92 Å². The van der Waals surface area contributed by atoms with E-state index < -0.39 is 0 Å². The molecule has 0 spiro atoms. The molecule has 0 saturated carbocycles. The maximum atomic E-state index is 8.79. The summed E-state index contributed by atoms with van der Waals surface area (Å²) >= 11 is 3.21. The summed E-state index contributed by atoms with van der Waals surface area (Å²) in [4.78, 5) is 3.99. The highest BCUT2D eigenvalue weighted by Gasteiger charge is 1.96. The summed E-state index contributed by atoms with van der Waals surface area (Å²) in [7, 11) is 0. The second kappa shape index (κ2) is 3.12. The Kier molecular flexibility index (Phi) is 2.40. The fraction of sp³-hybridized carbons (Fsp3) is 0.286. The van der Waals surface area contributed by atoms with Crippen LogP contribution in [0.3, 0.4) is 0 Å². The first-order valence-corrected chi connectivity index (χ1v) is 3.75. The molecule has 0 bridgehead atoms. The van der Waals surface area contributed by atoms with Crippen molar-refractivity contribution in [2.45, 2.75) is 13.5 Å². The largest absolute Gasteiger partial charge is 0.392 e. The molecule has 0 aliphatic carbocycles. The van der Waals surface area contributed by atoms with Crippen molar-refractivity contribution in [2.24, 2.45) is 0 Å². The van der Waals surface area contributed by atoms with E-state index in [1.165, 1.54) is 0 Å². The van der Waals surface area contributed by atoms with Crippen LogP contribution in [0.25, 0.3) is 0 Å². The van der Waals surface area contributed by atoms with E-state index in [1.54, 1.807) is 6.20 Å². The normalized spacial score (nSPS) is 9.90. The molecule has 0 aliphatic heterocycles. The third kappa shape index (κ3) is 1.55. The molecule has 0 aromatic carbocycles. The van der Waals surface area contributed by atoms with E-state index in [-0.39, 0.29) is 6.61 Å². The van der Waals surface area contributed by atoms with Gasteiger partial charge in [-0.15, -0.1) is 0 Å². The van der Waals surface area contributed by atoms with Gasteiger partial charge in [0.25, 0.3) is 0 Å². The summed E-state index contributed by atoms with van der Waals surface area (Å²) in [5, 5.41) is 8.79. The van der Waals surface area contributed by atoms with Gasteiger partial charge in [-0.2, -0.15) is 0 Å². The molecule has 1 aromatic rings. The van der Waals surface area contributed by atoms with E-state index in [9.17, 15) is 0 Å². The van der Waals surface area contributed by atoms with Crippen molar-refractivity contribution < 1.29 is 5.11 Å². The van der Waals surface area contributed by atoms with Gasteiger partial charge in [0.1, 0.15) is 4.60 Å². The smallest absolute Gasteiger partial charge is 0.106 e. The Balaban J connectivity index is 3.09. The number of aliphatic hydroxyl groups is 1. The summed E-state index contributed by atoms with van der Waals surface area (Å²) in [5.41, 5.74) is 1.94. The van der Waals surface area contributed by atoms with Crippen LogP contribution in [-0.4, -0.2) is 10.1 Å². The number of aliphatic hydroxyl groups excluding tert-OH is 1. The lowest BCUT2D eigenvalue weighted by Gasteiger charge is -1.99. The van der Waals surface area contributed by atoms with E-state index in [0.717, 1.165) is 15.7 Å². The molecule has 1 rings (SSSR count).